The molecule has 0 radical (unpaired) electrons. The molecule has 0 saturated heterocycles. The fourth-order valence-electron chi connectivity index (χ4n) is 1.19. The van der Waals surface area contributed by atoms with E-state index < -0.39 is 4.92 Å². The maximum atomic E-state index is 11.4. The number of nitrogens with two attached hydrogens (primary N) is 1. The number of halogens is 1. The van der Waals surface area contributed by atoms with Crippen molar-refractivity contribution in [2.24, 2.45) is 0 Å². The van der Waals surface area contributed by atoms with Gasteiger partial charge in [0.05, 0.1) is 10.3 Å². The van der Waals surface area contributed by atoms with Crippen LogP contribution in [0.15, 0.2) is 12.1 Å². The summed E-state index contributed by atoms with van der Waals surface area (Å²) in [4.78, 5) is 21.4. The summed E-state index contributed by atoms with van der Waals surface area (Å²) in [6.45, 7) is 1.63. The molecule has 0 amide bonds. The van der Waals surface area contributed by atoms with Crippen molar-refractivity contribution >= 4 is 33.1 Å². The normalized spacial score (nSPS) is 10.0. The Kier molecular flexibility index (Phi) is 3.41. The quantitative estimate of drug-likeness (QED) is 0.300. The van der Waals surface area contributed by atoms with Gasteiger partial charge in [0.15, 0.2) is 5.78 Å². The lowest BCUT2D eigenvalue weighted by Gasteiger charge is -2.05. The van der Waals surface area contributed by atoms with Gasteiger partial charge in [-0.1, -0.05) is 15.9 Å². The van der Waals surface area contributed by atoms with Gasteiger partial charge in [0.2, 0.25) is 0 Å². The van der Waals surface area contributed by atoms with Gasteiger partial charge in [0.1, 0.15) is 0 Å². The zero-order chi connectivity index (χ0) is 11.6. The Morgan fingerprint density at radius 3 is 2.67 bits per heavy atom. The van der Waals surface area contributed by atoms with Crippen molar-refractivity contribution in [2.75, 3.05) is 11.1 Å². The van der Waals surface area contributed by atoms with Crippen LogP contribution in [0, 0.1) is 17.0 Å². The topological polar surface area (TPSA) is 86.2 Å². The molecule has 0 spiro atoms. The highest BCUT2D eigenvalue weighted by Crippen LogP contribution is 2.24. The molecule has 2 N–H and O–H groups in total. The number of non-ortho nitro benzene ring substituents is 1. The number of anilines is 1. The molecule has 0 heterocycles. The van der Waals surface area contributed by atoms with E-state index in [1.54, 1.807) is 6.92 Å². The van der Waals surface area contributed by atoms with Gasteiger partial charge >= 0.3 is 0 Å². The zero-order valence-corrected chi connectivity index (χ0v) is 9.58. The van der Waals surface area contributed by atoms with Crippen molar-refractivity contribution in [1.29, 1.82) is 0 Å². The van der Waals surface area contributed by atoms with Crippen LogP contribution in [0.5, 0.6) is 0 Å². The van der Waals surface area contributed by atoms with Gasteiger partial charge in [0, 0.05) is 23.4 Å². The predicted octanol–water partition coefficient (Wildman–Crippen LogP) is 2.06. The van der Waals surface area contributed by atoms with Crippen LogP contribution in [0.4, 0.5) is 11.4 Å². The minimum atomic E-state index is -0.544. The van der Waals surface area contributed by atoms with E-state index in [2.05, 4.69) is 15.9 Å². The van der Waals surface area contributed by atoms with Crippen LogP contribution in [-0.4, -0.2) is 16.0 Å². The van der Waals surface area contributed by atoms with Crippen LogP contribution in [0.25, 0.3) is 0 Å². The standard InChI is InChI=1S/C9H9BrN2O3/c1-5-2-6(12(14)15)3-7(9(5)11)8(13)4-10/h2-3H,4,11H2,1H3. The van der Waals surface area contributed by atoms with E-state index in [-0.39, 0.29) is 22.4 Å². The van der Waals surface area contributed by atoms with Crippen LogP contribution in [0.2, 0.25) is 0 Å². The summed E-state index contributed by atoms with van der Waals surface area (Å²) in [5.41, 5.74) is 6.57. The maximum Gasteiger partial charge on any atom is 0.270 e. The van der Waals surface area contributed by atoms with Crippen molar-refractivity contribution in [3.63, 3.8) is 0 Å². The molecule has 0 aromatic heterocycles. The average molecular weight is 273 g/mol. The molecule has 0 aliphatic heterocycles. The molecule has 0 saturated carbocycles. The summed E-state index contributed by atoms with van der Waals surface area (Å²) in [5, 5.41) is 10.7. The predicted molar refractivity (Wildman–Crippen MR) is 60.4 cm³/mol. The number of nitrogen functional groups attached to an aromatic ring is 1. The highest BCUT2D eigenvalue weighted by atomic mass is 79.9. The fourth-order valence-corrected chi connectivity index (χ4v) is 1.49. The Balaban J connectivity index is 3.37. The molecule has 80 valence electrons. The van der Waals surface area contributed by atoms with E-state index in [0.29, 0.717) is 11.3 Å². The number of ketones is 1. The summed E-state index contributed by atoms with van der Waals surface area (Å²) in [5.74, 6) is -0.265. The number of hydrogen-bond acceptors (Lipinski definition) is 4. The van der Waals surface area contributed by atoms with Crippen LogP contribution in [-0.2, 0) is 0 Å². The smallest absolute Gasteiger partial charge is 0.270 e. The molecule has 0 atom stereocenters. The lowest BCUT2D eigenvalue weighted by atomic mass is 10.0. The van der Waals surface area contributed by atoms with Gasteiger partial charge in [-0.2, -0.15) is 0 Å². The number of carbonyl (C=O) groups excluding carboxylic acids is 1. The second-order valence-electron chi connectivity index (χ2n) is 3.04. The molecule has 0 unspecified atom stereocenters. The molecular formula is C9H9BrN2O3. The van der Waals surface area contributed by atoms with Gasteiger partial charge in [-0.15, -0.1) is 0 Å². The van der Waals surface area contributed by atoms with Gasteiger partial charge < -0.3 is 5.73 Å². The number of hydrogen-bond donors (Lipinski definition) is 1. The Bertz CT molecular complexity index is 432. The zero-order valence-electron chi connectivity index (χ0n) is 7.99. The van der Waals surface area contributed by atoms with Crippen molar-refractivity contribution in [2.45, 2.75) is 6.92 Å². The molecule has 6 heteroatoms. The summed E-state index contributed by atoms with van der Waals surface area (Å²) in [6, 6.07) is 2.55. The monoisotopic (exact) mass is 272 g/mol. The SMILES string of the molecule is Cc1cc([N+](=O)[O-])cc(C(=O)CBr)c1N. The van der Waals surface area contributed by atoms with Crippen molar-refractivity contribution in [1.82, 2.24) is 0 Å². The Hall–Kier alpha value is -1.43. The summed E-state index contributed by atoms with van der Waals surface area (Å²) < 4.78 is 0. The molecule has 0 fully saturated rings. The number of alkyl halides is 1. The number of nitro benzene ring substituents is 1. The van der Waals surface area contributed by atoms with Crippen LogP contribution in [0.3, 0.4) is 0 Å². The van der Waals surface area contributed by atoms with E-state index in [9.17, 15) is 14.9 Å². The molecule has 1 aromatic rings. The molecule has 0 bridgehead atoms. The van der Waals surface area contributed by atoms with Crippen molar-refractivity contribution < 1.29 is 9.72 Å². The Morgan fingerprint density at radius 1 is 1.60 bits per heavy atom. The van der Waals surface area contributed by atoms with Gasteiger partial charge in [-0.25, -0.2) is 0 Å². The van der Waals surface area contributed by atoms with Crippen molar-refractivity contribution in [3.05, 3.63) is 33.4 Å². The van der Waals surface area contributed by atoms with E-state index in [4.69, 9.17) is 5.73 Å². The number of nitro groups is 1. The third-order valence-electron chi connectivity index (χ3n) is 2.00. The number of carbonyl (C=O) groups is 1. The van der Waals surface area contributed by atoms with Gasteiger partial charge in [-0.3, -0.25) is 14.9 Å². The minimum Gasteiger partial charge on any atom is -0.398 e. The van der Waals surface area contributed by atoms with Crippen molar-refractivity contribution in [3.8, 4) is 0 Å². The highest BCUT2D eigenvalue weighted by Gasteiger charge is 2.16. The number of rotatable bonds is 3. The lowest BCUT2D eigenvalue weighted by Crippen LogP contribution is -2.07. The van der Waals surface area contributed by atoms with Gasteiger partial charge in [-0.05, 0) is 12.5 Å². The van der Waals surface area contributed by atoms with Gasteiger partial charge in [0.25, 0.3) is 5.69 Å². The third kappa shape index (κ3) is 2.33. The van der Waals surface area contributed by atoms with Crippen LogP contribution in [0.1, 0.15) is 15.9 Å². The second-order valence-corrected chi connectivity index (χ2v) is 3.60. The van der Waals surface area contributed by atoms with E-state index in [1.807, 2.05) is 0 Å². The average Bonchev–Trinajstić information content (AvgIpc) is 2.20. The number of aryl methyl sites for hydroxylation is 1. The highest BCUT2D eigenvalue weighted by molar-refractivity contribution is 9.09. The second kappa shape index (κ2) is 4.39. The van der Waals surface area contributed by atoms with Crippen LogP contribution >= 0.6 is 15.9 Å². The number of benzene rings is 1. The maximum absolute atomic E-state index is 11.4. The Labute approximate surface area is 94.5 Å². The first-order chi connectivity index (χ1) is 6.97. The largest absolute Gasteiger partial charge is 0.398 e. The Morgan fingerprint density at radius 2 is 2.20 bits per heavy atom. The molecule has 0 aliphatic carbocycles. The molecule has 1 rings (SSSR count). The lowest BCUT2D eigenvalue weighted by molar-refractivity contribution is -0.384. The molecule has 1 aromatic carbocycles. The first-order valence-electron chi connectivity index (χ1n) is 4.11. The number of Topliss-reactive ketones (excluding diaryl/α,β-unsaturated/α-hetero) is 1. The summed E-state index contributed by atoms with van der Waals surface area (Å²) in [7, 11) is 0. The van der Waals surface area contributed by atoms with E-state index in [0.717, 1.165) is 0 Å². The van der Waals surface area contributed by atoms with Crippen LogP contribution < -0.4 is 5.73 Å². The number of nitrogens with zero attached hydrogens (tertiary/aromatic N) is 1. The first-order valence-corrected chi connectivity index (χ1v) is 5.23. The minimum absolute atomic E-state index is 0.0950. The molecule has 0 aliphatic rings. The third-order valence-corrected chi connectivity index (χ3v) is 2.51. The fraction of sp³-hybridized carbons (Fsp3) is 0.222. The summed E-state index contributed by atoms with van der Waals surface area (Å²) >= 11 is 3.00. The molecular weight excluding hydrogens is 264 g/mol. The first kappa shape index (κ1) is 11.6. The molecule has 5 nitrogen and oxygen atoms in total. The molecule has 15 heavy (non-hydrogen) atoms. The van der Waals surface area contributed by atoms with E-state index in [1.165, 1.54) is 12.1 Å². The van der Waals surface area contributed by atoms with E-state index >= 15 is 0 Å². The summed E-state index contributed by atoms with van der Waals surface area (Å²) in [6.07, 6.45) is 0.